The van der Waals surface area contributed by atoms with Gasteiger partial charge in [0.1, 0.15) is 0 Å². The molecule has 2 rings (SSSR count). The highest BCUT2D eigenvalue weighted by molar-refractivity contribution is 14.0. The van der Waals surface area contributed by atoms with Crippen LogP contribution in [0.3, 0.4) is 0 Å². The number of fused-ring (bicyclic) bond motifs is 1. The van der Waals surface area contributed by atoms with Crippen molar-refractivity contribution >= 4 is 46.6 Å². The van der Waals surface area contributed by atoms with E-state index in [1.165, 1.54) is 28.6 Å². The number of aryl methyl sites for hydroxylation is 1. The second-order valence-electron chi connectivity index (χ2n) is 3.59. The molecule has 0 amide bonds. The number of hydrogen-bond donors (Lipinski definition) is 1. The largest absolute Gasteiger partial charge is 0.377 e. The Morgan fingerprint density at radius 2 is 2.25 bits per heavy atom. The predicted molar refractivity (Wildman–Crippen MR) is 82.8 cm³/mol. The Balaban J connectivity index is 0.00000128. The summed E-state index contributed by atoms with van der Waals surface area (Å²) in [7, 11) is 0. The van der Waals surface area contributed by atoms with Crippen molar-refractivity contribution in [2.75, 3.05) is 17.8 Å². The molecule has 2 N–H and O–H groups in total. The van der Waals surface area contributed by atoms with Crippen molar-refractivity contribution in [3.63, 3.8) is 0 Å². The van der Waals surface area contributed by atoms with Crippen molar-refractivity contribution in [2.45, 2.75) is 13.3 Å². The highest BCUT2D eigenvalue weighted by atomic mass is 127. The van der Waals surface area contributed by atoms with Gasteiger partial charge >= 0.3 is 0 Å². The third-order valence-corrected chi connectivity index (χ3v) is 3.17. The lowest BCUT2D eigenvalue weighted by atomic mass is 10.1. The Kier molecular flexibility index (Phi) is 4.91. The highest BCUT2D eigenvalue weighted by Gasteiger charge is 2.19. The van der Waals surface area contributed by atoms with Gasteiger partial charge in [0.05, 0.1) is 5.69 Å². The summed E-state index contributed by atoms with van der Waals surface area (Å²) in [6.45, 7) is 3.07. The molecule has 0 aromatic heterocycles. The Morgan fingerprint density at radius 1 is 1.50 bits per heavy atom. The summed E-state index contributed by atoms with van der Waals surface area (Å²) in [5.41, 5.74) is 9.66. The van der Waals surface area contributed by atoms with Crippen LogP contribution in [0.2, 0.25) is 0 Å². The first-order valence-electron chi connectivity index (χ1n) is 4.96. The van der Waals surface area contributed by atoms with Gasteiger partial charge < -0.3 is 5.73 Å². The molecule has 0 radical (unpaired) electrons. The molecule has 0 unspecified atom stereocenters. The first kappa shape index (κ1) is 13.6. The Labute approximate surface area is 117 Å². The van der Waals surface area contributed by atoms with Gasteiger partial charge in [-0.3, -0.25) is 5.01 Å². The summed E-state index contributed by atoms with van der Waals surface area (Å²) in [5.74, 6) is 0. The molecule has 88 valence electrons. The van der Waals surface area contributed by atoms with Crippen molar-refractivity contribution in [3.05, 3.63) is 29.3 Å². The zero-order valence-electron chi connectivity index (χ0n) is 9.43. The van der Waals surface area contributed by atoms with E-state index < -0.39 is 0 Å². The van der Waals surface area contributed by atoms with Crippen molar-refractivity contribution in [1.29, 1.82) is 0 Å². The van der Waals surface area contributed by atoms with Gasteiger partial charge in [0.2, 0.25) is 0 Å². The summed E-state index contributed by atoms with van der Waals surface area (Å²) in [5, 5.41) is 6.98. The molecule has 0 aliphatic carbocycles. The van der Waals surface area contributed by atoms with Crippen LogP contribution in [0, 0.1) is 6.92 Å². The molecule has 1 aromatic carbocycles. The van der Waals surface area contributed by atoms with E-state index in [1.807, 2.05) is 11.3 Å². The van der Waals surface area contributed by atoms with Gasteiger partial charge in [-0.2, -0.15) is 0 Å². The molecule has 1 aromatic rings. The number of benzene rings is 1. The zero-order chi connectivity index (χ0) is 10.8. The first-order chi connectivity index (χ1) is 7.22. The maximum absolute atomic E-state index is 5.72. The molecule has 0 saturated carbocycles. The molecule has 0 saturated heterocycles. The molecule has 0 atom stereocenters. The summed E-state index contributed by atoms with van der Waals surface area (Å²) in [6.07, 6.45) is 3.00. The van der Waals surface area contributed by atoms with Gasteiger partial charge in [-0.05, 0) is 36.8 Å². The minimum Gasteiger partial charge on any atom is -0.377 e. The van der Waals surface area contributed by atoms with E-state index in [2.05, 4.69) is 30.2 Å². The lowest BCUT2D eigenvalue weighted by Gasteiger charge is -2.13. The van der Waals surface area contributed by atoms with E-state index >= 15 is 0 Å². The molecular formula is C11H16IN3S. The quantitative estimate of drug-likeness (QED) is 0.481. The van der Waals surface area contributed by atoms with Gasteiger partial charge in [0.25, 0.3) is 0 Å². The van der Waals surface area contributed by atoms with Crippen LogP contribution in [0.4, 0.5) is 5.69 Å². The van der Waals surface area contributed by atoms with Gasteiger partial charge in [0.15, 0.2) is 5.17 Å². The van der Waals surface area contributed by atoms with Crippen molar-refractivity contribution in [3.8, 4) is 0 Å². The van der Waals surface area contributed by atoms with Crippen LogP contribution >= 0.6 is 35.7 Å². The topological polar surface area (TPSA) is 41.6 Å². The lowest BCUT2D eigenvalue weighted by Crippen LogP contribution is -2.18. The summed E-state index contributed by atoms with van der Waals surface area (Å²) < 4.78 is 0. The second-order valence-corrected chi connectivity index (χ2v) is 4.41. The summed E-state index contributed by atoms with van der Waals surface area (Å²) in [6, 6.07) is 6.31. The maximum Gasteiger partial charge on any atom is 0.178 e. The fourth-order valence-electron chi connectivity index (χ4n) is 1.86. The van der Waals surface area contributed by atoms with E-state index in [9.17, 15) is 0 Å². The number of thioether (sulfide) groups is 1. The standard InChI is InChI=1S/C11H15N3S.HI/c1-8-4-3-5-10-9(8)6-7-14(10)13-11(12)15-2;/h3-5H,6-7H2,1-2H3,(H2,12,13);1H. The van der Waals surface area contributed by atoms with E-state index in [0.717, 1.165) is 13.0 Å². The summed E-state index contributed by atoms with van der Waals surface area (Å²) >= 11 is 1.48. The molecule has 3 nitrogen and oxygen atoms in total. The Morgan fingerprint density at radius 3 is 2.94 bits per heavy atom. The van der Waals surface area contributed by atoms with Crippen molar-refractivity contribution in [1.82, 2.24) is 0 Å². The number of nitrogens with zero attached hydrogens (tertiary/aromatic N) is 2. The van der Waals surface area contributed by atoms with E-state index in [4.69, 9.17) is 5.73 Å². The third-order valence-electron chi connectivity index (χ3n) is 2.67. The fraction of sp³-hybridized carbons (Fsp3) is 0.364. The fourth-order valence-corrected chi connectivity index (χ4v) is 2.04. The molecule has 1 aliphatic rings. The van der Waals surface area contributed by atoms with Crippen LogP contribution in [0.15, 0.2) is 23.3 Å². The van der Waals surface area contributed by atoms with Gasteiger partial charge in [-0.15, -0.1) is 29.1 Å². The van der Waals surface area contributed by atoms with Gasteiger partial charge in [-0.1, -0.05) is 23.9 Å². The predicted octanol–water partition coefficient (Wildman–Crippen LogP) is 2.57. The molecule has 16 heavy (non-hydrogen) atoms. The normalized spacial score (nSPS) is 14.6. The smallest absolute Gasteiger partial charge is 0.178 e. The van der Waals surface area contributed by atoms with E-state index in [0.29, 0.717) is 5.17 Å². The van der Waals surface area contributed by atoms with Crippen molar-refractivity contribution in [2.24, 2.45) is 10.8 Å². The molecule has 0 spiro atoms. The number of halogens is 1. The van der Waals surface area contributed by atoms with E-state index in [-0.39, 0.29) is 24.0 Å². The van der Waals surface area contributed by atoms with Crippen molar-refractivity contribution < 1.29 is 0 Å². The number of hydrogen-bond acceptors (Lipinski definition) is 3. The Bertz CT molecular complexity index is 406. The van der Waals surface area contributed by atoms with Crippen LogP contribution in [0.1, 0.15) is 11.1 Å². The monoisotopic (exact) mass is 349 g/mol. The van der Waals surface area contributed by atoms with Crippen LogP contribution in [-0.4, -0.2) is 18.0 Å². The Hall–Kier alpha value is -0.430. The summed E-state index contributed by atoms with van der Waals surface area (Å²) in [4.78, 5) is 0. The third kappa shape index (κ3) is 2.63. The average Bonchev–Trinajstić information content (AvgIpc) is 2.63. The molecule has 0 bridgehead atoms. The molecular weight excluding hydrogens is 333 g/mol. The van der Waals surface area contributed by atoms with E-state index in [1.54, 1.807) is 0 Å². The number of nitrogens with two attached hydrogens (primary N) is 1. The zero-order valence-corrected chi connectivity index (χ0v) is 12.6. The molecule has 5 heteroatoms. The molecule has 1 aliphatic heterocycles. The SMILES string of the molecule is CSC(N)=NN1CCc2c(C)cccc21.I. The van der Waals surface area contributed by atoms with Gasteiger partial charge in [0, 0.05) is 6.54 Å². The van der Waals surface area contributed by atoms with Crippen LogP contribution < -0.4 is 10.7 Å². The van der Waals surface area contributed by atoms with Gasteiger partial charge in [-0.25, -0.2) is 0 Å². The molecule has 1 heterocycles. The second kappa shape index (κ2) is 5.77. The molecule has 0 fully saturated rings. The minimum absolute atomic E-state index is 0. The van der Waals surface area contributed by atoms with Crippen LogP contribution in [0.5, 0.6) is 0 Å². The minimum atomic E-state index is 0. The number of amidine groups is 1. The lowest BCUT2D eigenvalue weighted by molar-refractivity contribution is 0.892. The average molecular weight is 349 g/mol. The van der Waals surface area contributed by atoms with Crippen LogP contribution in [0.25, 0.3) is 0 Å². The maximum atomic E-state index is 5.72. The van der Waals surface area contributed by atoms with Crippen LogP contribution in [-0.2, 0) is 6.42 Å². The number of rotatable bonds is 1. The number of hydrazone groups is 1. The number of anilines is 1. The highest BCUT2D eigenvalue weighted by Crippen LogP contribution is 2.30. The first-order valence-corrected chi connectivity index (χ1v) is 6.19.